The Bertz CT molecular complexity index is 1120. The van der Waals surface area contributed by atoms with Crippen molar-refractivity contribution in [1.82, 2.24) is 14.5 Å². The minimum Gasteiger partial charge on any atom is -0.366 e. The molecular formula is C18H13ClN4O. The highest BCUT2D eigenvalue weighted by Gasteiger charge is 2.19. The van der Waals surface area contributed by atoms with Gasteiger partial charge in [-0.25, -0.2) is 4.98 Å². The molecule has 118 valence electrons. The second-order valence-electron chi connectivity index (χ2n) is 5.56. The largest absolute Gasteiger partial charge is 0.366 e. The summed E-state index contributed by atoms with van der Waals surface area (Å²) in [5.41, 5.74) is 9.48. The summed E-state index contributed by atoms with van der Waals surface area (Å²) in [6.07, 6.45) is 3.37. The molecule has 0 fully saturated rings. The van der Waals surface area contributed by atoms with E-state index in [-0.39, 0.29) is 0 Å². The van der Waals surface area contributed by atoms with Crippen LogP contribution in [0.25, 0.3) is 27.5 Å². The number of halogens is 1. The van der Waals surface area contributed by atoms with Gasteiger partial charge in [-0.05, 0) is 43.3 Å². The number of rotatable bonds is 2. The fourth-order valence-corrected chi connectivity index (χ4v) is 3.29. The molecule has 3 aromatic heterocycles. The molecule has 0 radical (unpaired) electrons. The molecule has 1 aromatic carbocycles. The molecule has 1 amide bonds. The lowest BCUT2D eigenvalue weighted by molar-refractivity contribution is 0.100. The number of fused-ring (bicyclic) bond motifs is 2. The van der Waals surface area contributed by atoms with Crippen molar-refractivity contribution in [3.63, 3.8) is 0 Å². The van der Waals surface area contributed by atoms with Crippen molar-refractivity contribution in [3.8, 4) is 5.69 Å². The van der Waals surface area contributed by atoms with E-state index in [2.05, 4.69) is 9.97 Å². The molecule has 2 N–H and O–H groups in total. The van der Waals surface area contributed by atoms with Gasteiger partial charge in [-0.3, -0.25) is 9.78 Å². The zero-order valence-electron chi connectivity index (χ0n) is 12.8. The molecule has 0 saturated carbocycles. The fraction of sp³-hybridized carbons (Fsp3) is 0.0556. The molecule has 24 heavy (non-hydrogen) atoms. The molecule has 0 atom stereocenters. The third kappa shape index (κ3) is 2.13. The molecule has 4 aromatic rings. The Morgan fingerprint density at radius 1 is 1.21 bits per heavy atom. The standard InChI is InChI=1S/C18H13ClN4O/c1-10-17(18(20)24)13-9-21-7-6-15(13)23(10)12-3-4-14-11(8-12)2-5-16(19)22-14/h2-9H,1H3,(H2,20,24). The monoisotopic (exact) mass is 336 g/mol. The Morgan fingerprint density at radius 3 is 2.83 bits per heavy atom. The van der Waals surface area contributed by atoms with Gasteiger partial charge in [0, 0.05) is 34.5 Å². The third-order valence-electron chi connectivity index (χ3n) is 4.15. The maximum atomic E-state index is 11.9. The highest BCUT2D eigenvalue weighted by molar-refractivity contribution is 6.29. The van der Waals surface area contributed by atoms with Crippen LogP contribution in [0.15, 0.2) is 48.8 Å². The zero-order chi connectivity index (χ0) is 16.8. The van der Waals surface area contributed by atoms with Crippen LogP contribution in [0.3, 0.4) is 0 Å². The Balaban J connectivity index is 2.05. The third-order valence-corrected chi connectivity index (χ3v) is 4.36. The summed E-state index contributed by atoms with van der Waals surface area (Å²) in [5.74, 6) is -0.460. The van der Waals surface area contributed by atoms with Crippen molar-refractivity contribution in [2.75, 3.05) is 0 Å². The van der Waals surface area contributed by atoms with Crippen molar-refractivity contribution in [1.29, 1.82) is 0 Å². The van der Waals surface area contributed by atoms with Crippen LogP contribution in [0.1, 0.15) is 16.1 Å². The number of pyridine rings is 2. The Hall–Kier alpha value is -2.92. The summed E-state index contributed by atoms with van der Waals surface area (Å²) in [5, 5.41) is 2.17. The average Bonchev–Trinajstić information content (AvgIpc) is 2.86. The maximum Gasteiger partial charge on any atom is 0.251 e. The minimum atomic E-state index is -0.460. The van der Waals surface area contributed by atoms with Crippen LogP contribution in [0, 0.1) is 6.92 Å². The van der Waals surface area contributed by atoms with E-state index in [1.165, 1.54) is 0 Å². The smallest absolute Gasteiger partial charge is 0.251 e. The van der Waals surface area contributed by atoms with Gasteiger partial charge in [-0.2, -0.15) is 0 Å². The SMILES string of the molecule is Cc1c(C(N)=O)c2cnccc2n1-c1ccc2nc(Cl)ccc2c1. The number of carbonyl (C=O) groups is 1. The van der Waals surface area contributed by atoms with E-state index in [1.54, 1.807) is 18.5 Å². The van der Waals surface area contributed by atoms with Gasteiger partial charge in [-0.15, -0.1) is 0 Å². The van der Waals surface area contributed by atoms with E-state index in [0.29, 0.717) is 10.7 Å². The topological polar surface area (TPSA) is 73.8 Å². The van der Waals surface area contributed by atoms with E-state index >= 15 is 0 Å². The number of hydrogen-bond donors (Lipinski definition) is 1. The summed E-state index contributed by atoms with van der Waals surface area (Å²) in [7, 11) is 0. The molecule has 6 heteroatoms. The van der Waals surface area contributed by atoms with Crippen LogP contribution in [-0.4, -0.2) is 20.4 Å². The first-order valence-corrected chi connectivity index (χ1v) is 7.75. The first-order valence-electron chi connectivity index (χ1n) is 7.38. The van der Waals surface area contributed by atoms with E-state index in [1.807, 2.05) is 41.8 Å². The zero-order valence-corrected chi connectivity index (χ0v) is 13.6. The maximum absolute atomic E-state index is 11.9. The number of nitrogens with two attached hydrogens (primary N) is 1. The quantitative estimate of drug-likeness (QED) is 0.568. The molecule has 0 aliphatic heterocycles. The Kier molecular flexibility index (Phi) is 3.25. The second kappa shape index (κ2) is 5.32. The van der Waals surface area contributed by atoms with Crippen molar-refractivity contribution >= 4 is 39.3 Å². The molecule has 0 aliphatic carbocycles. The van der Waals surface area contributed by atoms with Crippen LogP contribution in [0.4, 0.5) is 0 Å². The average molecular weight is 337 g/mol. The predicted octanol–water partition coefficient (Wildman–Crippen LogP) is 3.63. The number of carbonyl (C=O) groups excluding carboxylic acids is 1. The van der Waals surface area contributed by atoms with Crippen LogP contribution < -0.4 is 5.73 Å². The van der Waals surface area contributed by atoms with Crippen LogP contribution in [0.2, 0.25) is 5.15 Å². The lowest BCUT2D eigenvalue weighted by atomic mass is 10.1. The fourth-order valence-electron chi connectivity index (χ4n) is 3.13. The molecule has 3 heterocycles. The molecule has 0 saturated heterocycles. The normalized spacial score (nSPS) is 11.2. The first kappa shape index (κ1) is 14.7. The second-order valence-corrected chi connectivity index (χ2v) is 5.95. The highest BCUT2D eigenvalue weighted by atomic mass is 35.5. The van der Waals surface area contributed by atoms with Gasteiger partial charge in [0.15, 0.2) is 0 Å². The van der Waals surface area contributed by atoms with E-state index < -0.39 is 5.91 Å². The number of amides is 1. The summed E-state index contributed by atoms with van der Waals surface area (Å²) in [6.45, 7) is 1.88. The molecule has 0 spiro atoms. The molecule has 0 bridgehead atoms. The van der Waals surface area contributed by atoms with Crippen molar-refractivity contribution in [3.05, 3.63) is 65.2 Å². The van der Waals surface area contributed by atoms with E-state index in [9.17, 15) is 4.79 Å². The van der Waals surface area contributed by atoms with Crippen molar-refractivity contribution < 1.29 is 4.79 Å². The molecule has 5 nitrogen and oxygen atoms in total. The molecule has 4 rings (SSSR count). The summed E-state index contributed by atoms with van der Waals surface area (Å²) >= 11 is 5.94. The van der Waals surface area contributed by atoms with E-state index in [4.69, 9.17) is 17.3 Å². The van der Waals surface area contributed by atoms with Gasteiger partial charge < -0.3 is 10.3 Å². The van der Waals surface area contributed by atoms with Gasteiger partial charge in [-0.1, -0.05) is 11.6 Å². The molecule has 0 unspecified atom stereocenters. The van der Waals surface area contributed by atoms with Gasteiger partial charge in [0.05, 0.1) is 16.6 Å². The summed E-state index contributed by atoms with van der Waals surface area (Å²) in [4.78, 5) is 20.3. The van der Waals surface area contributed by atoms with Crippen molar-refractivity contribution in [2.45, 2.75) is 6.92 Å². The first-order chi connectivity index (χ1) is 11.6. The van der Waals surface area contributed by atoms with Gasteiger partial charge in [0.25, 0.3) is 5.91 Å². The Labute approximate surface area is 142 Å². The predicted molar refractivity (Wildman–Crippen MR) is 94.6 cm³/mol. The highest BCUT2D eigenvalue weighted by Crippen LogP contribution is 2.29. The Morgan fingerprint density at radius 2 is 2.04 bits per heavy atom. The lowest BCUT2D eigenvalue weighted by Crippen LogP contribution is -2.12. The van der Waals surface area contributed by atoms with Crippen LogP contribution in [-0.2, 0) is 0 Å². The molecule has 0 aliphatic rings. The minimum absolute atomic E-state index is 0.458. The van der Waals surface area contributed by atoms with Crippen molar-refractivity contribution in [2.24, 2.45) is 5.73 Å². The van der Waals surface area contributed by atoms with Gasteiger partial charge in [0.2, 0.25) is 0 Å². The number of aromatic nitrogens is 3. The summed E-state index contributed by atoms with van der Waals surface area (Å²) in [6, 6.07) is 11.4. The number of hydrogen-bond acceptors (Lipinski definition) is 3. The number of nitrogens with zero attached hydrogens (tertiary/aromatic N) is 3. The van der Waals surface area contributed by atoms with Crippen LogP contribution in [0.5, 0.6) is 0 Å². The lowest BCUT2D eigenvalue weighted by Gasteiger charge is -2.10. The van der Waals surface area contributed by atoms with Gasteiger partial charge in [0.1, 0.15) is 5.15 Å². The number of primary amides is 1. The summed E-state index contributed by atoms with van der Waals surface area (Å²) < 4.78 is 2.01. The van der Waals surface area contributed by atoms with Gasteiger partial charge >= 0.3 is 0 Å². The molecular weight excluding hydrogens is 324 g/mol. The van der Waals surface area contributed by atoms with E-state index in [0.717, 1.165) is 33.2 Å². The van der Waals surface area contributed by atoms with Crippen LogP contribution >= 0.6 is 11.6 Å². The number of benzene rings is 1.